The van der Waals surface area contributed by atoms with Gasteiger partial charge in [-0.15, -0.1) is 0 Å². The zero-order chi connectivity index (χ0) is 10.3. The summed E-state index contributed by atoms with van der Waals surface area (Å²) in [6.45, 7) is 10.1. The van der Waals surface area contributed by atoms with Crippen molar-refractivity contribution in [3.8, 4) is 0 Å². The van der Waals surface area contributed by atoms with Gasteiger partial charge >= 0.3 is 0 Å². The van der Waals surface area contributed by atoms with E-state index in [1.165, 1.54) is 6.42 Å². The van der Waals surface area contributed by atoms with Crippen LogP contribution < -0.4 is 0 Å². The molecule has 1 aliphatic heterocycles. The molecule has 4 atom stereocenters. The van der Waals surface area contributed by atoms with Crippen molar-refractivity contribution >= 4 is 0 Å². The van der Waals surface area contributed by atoms with Crippen molar-refractivity contribution in [1.29, 1.82) is 0 Å². The second-order valence-corrected chi connectivity index (χ2v) is 5.41. The van der Waals surface area contributed by atoms with Gasteiger partial charge in [0.2, 0.25) is 0 Å². The highest BCUT2D eigenvalue weighted by atomic mass is 16.5. The number of hydrogen-bond donors (Lipinski definition) is 0. The molecule has 0 aromatic carbocycles. The van der Waals surface area contributed by atoms with Crippen LogP contribution in [0.4, 0.5) is 0 Å². The molecule has 0 amide bonds. The van der Waals surface area contributed by atoms with Crippen LogP contribution >= 0.6 is 0 Å². The van der Waals surface area contributed by atoms with Crippen LogP contribution in [0.1, 0.15) is 34.1 Å². The second-order valence-electron chi connectivity index (χ2n) is 5.41. The SMILES string of the molecule is CC1=CC(C)C2COC(C(C)C)C1C2. The fourth-order valence-electron chi connectivity index (χ4n) is 3.02. The van der Waals surface area contributed by atoms with E-state index in [-0.39, 0.29) is 0 Å². The first-order valence-electron chi connectivity index (χ1n) is 5.89. The Morgan fingerprint density at radius 1 is 1.43 bits per heavy atom. The third-order valence-corrected chi connectivity index (χ3v) is 3.97. The molecule has 14 heavy (non-hydrogen) atoms. The Hall–Kier alpha value is -0.300. The third-order valence-electron chi connectivity index (χ3n) is 3.97. The molecule has 1 fully saturated rings. The predicted octanol–water partition coefficient (Wildman–Crippen LogP) is 3.26. The smallest absolute Gasteiger partial charge is 0.0663 e. The van der Waals surface area contributed by atoms with Gasteiger partial charge in [0.25, 0.3) is 0 Å². The molecule has 1 saturated heterocycles. The molecule has 80 valence electrons. The molecule has 2 bridgehead atoms. The van der Waals surface area contributed by atoms with Crippen LogP contribution in [0.25, 0.3) is 0 Å². The summed E-state index contributed by atoms with van der Waals surface area (Å²) in [5, 5.41) is 0. The molecule has 1 heteroatoms. The molecule has 0 aromatic heterocycles. The molecule has 4 unspecified atom stereocenters. The quantitative estimate of drug-likeness (QED) is 0.582. The molecule has 0 radical (unpaired) electrons. The van der Waals surface area contributed by atoms with Crippen molar-refractivity contribution in [1.82, 2.24) is 0 Å². The molecule has 1 nitrogen and oxygen atoms in total. The standard InChI is InChI=1S/C13H22O/c1-8(2)13-12-6-11(7-14-13)9(3)5-10(12)4/h5,8-9,11-13H,6-7H2,1-4H3. The maximum absolute atomic E-state index is 6.01. The average molecular weight is 194 g/mol. The lowest BCUT2D eigenvalue weighted by atomic mass is 9.70. The topological polar surface area (TPSA) is 9.23 Å². The van der Waals surface area contributed by atoms with Crippen LogP contribution in [-0.2, 0) is 4.74 Å². The maximum Gasteiger partial charge on any atom is 0.0663 e. The summed E-state index contributed by atoms with van der Waals surface area (Å²) >= 11 is 0. The van der Waals surface area contributed by atoms with E-state index in [1.807, 2.05) is 0 Å². The van der Waals surface area contributed by atoms with Crippen molar-refractivity contribution in [2.45, 2.75) is 40.2 Å². The van der Waals surface area contributed by atoms with Gasteiger partial charge in [-0.2, -0.15) is 0 Å². The highest BCUT2D eigenvalue weighted by molar-refractivity contribution is 5.14. The van der Waals surface area contributed by atoms with Crippen molar-refractivity contribution in [3.63, 3.8) is 0 Å². The highest BCUT2D eigenvalue weighted by Gasteiger charge is 2.38. The number of rotatable bonds is 1. The summed E-state index contributed by atoms with van der Waals surface area (Å²) in [7, 11) is 0. The fraction of sp³-hybridized carbons (Fsp3) is 0.846. The van der Waals surface area contributed by atoms with Gasteiger partial charge in [-0.1, -0.05) is 32.4 Å². The molecule has 0 spiro atoms. The molecule has 2 rings (SSSR count). The normalized spacial score (nSPS) is 42.5. The zero-order valence-corrected chi connectivity index (χ0v) is 9.79. The Morgan fingerprint density at radius 2 is 2.14 bits per heavy atom. The summed E-state index contributed by atoms with van der Waals surface area (Å²) in [4.78, 5) is 0. The Balaban J connectivity index is 2.20. The van der Waals surface area contributed by atoms with Crippen molar-refractivity contribution in [3.05, 3.63) is 11.6 Å². The first-order chi connectivity index (χ1) is 6.59. The molecule has 2 aliphatic rings. The van der Waals surface area contributed by atoms with Gasteiger partial charge in [0, 0.05) is 5.92 Å². The van der Waals surface area contributed by atoms with Crippen LogP contribution in [0.3, 0.4) is 0 Å². The van der Waals surface area contributed by atoms with Gasteiger partial charge in [0.05, 0.1) is 12.7 Å². The minimum absolute atomic E-state index is 0.468. The Bertz CT molecular complexity index is 242. The molecular weight excluding hydrogens is 172 g/mol. The van der Waals surface area contributed by atoms with Crippen LogP contribution in [0, 0.1) is 23.7 Å². The highest BCUT2D eigenvalue weighted by Crippen LogP contribution is 2.41. The van der Waals surface area contributed by atoms with Gasteiger partial charge in [0.15, 0.2) is 0 Å². The summed E-state index contributed by atoms with van der Waals surface area (Å²) in [5.74, 6) is 2.85. The zero-order valence-electron chi connectivity index (χ0n) is 9.79. The number of ether oxygens (including phenoxy) is 1. The van der Waals surface area contributed by atoms with E-state index in [2.05, 4.69) is 33.8 Å². The van der Waals surface area contributed by atoms with E-state index in [9.17, 15) is 0 Å². The summed E-state index contributed by atoms with van der Waals surface area (Å²) in [6.07, 6.45) is 4.29. The van der Waals surface area contributed by atoms with Crippen LogP contribution in [-0.4, -0.2) is 12.7 Å². The van der Waals surface area contributed by atoms with Gasteiger partial charge in [0.1, 0.15) is 0 Å². The maximum atomic E-state index is 6.01. The Kier molecular flexibility index (Phi) is 2.70. The van der Waals surface area contributed by atoms with Gasteiger partial charge in [-0.3, -0.25) is 0 Å². The number of fused-ring (bicyclic) bond motifs is 2. The van der Waals surface area contributed by atoms with E-state index < -0.39 is 0 Å². The third kappa shape index (κ3) is 1.63. The van der Waals surface area contributed by atoms with E-state index in [0.29, 0.717) is 17.9 Å². The lowest BCUT2D eigenvalue weighted by molar-refractivity contribution is -0.0808. The Labute approximate surface area is 87.5 Å². The van der Waals surface area contributed by atoms with Crippen molar-refractivity contribution in [2.75, 3.05) is 6.61 Å². The molecular formula is C13H22O. The lowest BCUT2D eigenvalue weighted by Gasteiger charge is -2.44. The van der Waals surface area contributed by atoms with E-state index in [1.54, 1.807) is 5.57 Å². The largest absolute Gasteiger partial charge is 0.377 e. The number of hydrogen-bond acceptors (Lipinski definition) is 1. The summed E-state index contributed by atoms with van der Waals surface area (Å²) in [5.41, 5.74) is 1.56. The van der Waals surface area contributed by atoms with Crippen molar-refractivity contribution in [2.24, 2.45) is 23.7 Å². The predicted molar refractivity (Wildman–Crippen MR) is 59.1 cm³/mol. The van der Waals surface area contributed by atoms with Gasteiger partial charge < -0.3 is 4.74 Å². The number of allylic oxidation sites excluding steroid dienone is 1. The lowest BCUT2D eigenvalue weighted by Crippen LogP contribution is -2.42. The Morgan fingerprint density at radius 3 is 2.79 bits per heavy atom. The molecule has 0 aromatic rings. The minimum Gasteiger partial charge on any atom is -0.377 e. The second kappa shape index (κ2) is 3.69. The van der Waals surface area contributed by atoms with Crippen molar-refractivity contribution < 1.29 is 4.74 Å². The van der Waals surface area contributed by atoms with E-state index >= 15 is 0 Å². The fourth-order valence-corrected chi connectivity index (χ4v) is 3.02. The molecule has 0 saturated carbocycles. The van der Waals surface area contributed by atoms with Gasteiger partial charge in [-0.05, 0) is 31.1 Å². The van der Waals surface area contributed by atoms with Crippen LogP contribution in [0.15, 0.2) is 11.6 Å². The summed E-state index contributed by atoms with van der Waals surface area (Å²) < 4.78 is 6.01. The first-order valence-corrected chi connectivity index (χ1v) is 5.89. The summed E-state index contributed by atoms with van der Waals surface area (Å²) in [6, 6.07) is 0. The average Bonchev–Trinajstić information content (AvgIpc) is 2.14. The van der Waals surface area contributed by atoms with Crippen LogP contribution in [0.5, 0.6) is 0 Å². The van der Waals surface area contributed by atoms with Gasteiger partial charge in [-0.25, -0.2) is 0 Å². The molecule has 1 heterocycles. The molecule has 0 N–H and O–H groups in total. The van der Waals surface area contributed by atoms with E-state index in [0.717, 1.165) is 18.4 Å². The minimum atomic E-state index is 0.468. The molecule has 1 aliphatic carbocycles. The van der Waals surface area contributed by atoms with Crippen LogP contribution in [0.2, 0.25) is 0 Å². The first kappa shape index (κ1) is 10.2. The monoisotopic (exact) mass is 194 g/mol. The van der Waals surface area contributed by atoms with E-state index in [4.69, 9.17) is 4.74 Å².